The fourth-order valence-corrected chi connectivity index (χ4v) is 4.82. The van der Waals surface area contributed by atoms with E-state index in [0.29, 0.717) is 17.6 Å². The van der Waals surface area contributed by atoms with Gasteiger partial charge in [-0.15, -0.1) is 11.3 Å². The van der Waals surface area contributed by atoms with Crippen LogP contribution in [0.25, 0.3) is 0 Å². The molecule has 0 bridgehead atoms. The van der Waals surface area contributed by atoms with E-state index >= 15 is 0 Å². The Morgan fingerprint density at radius 2 is 2.25 bits per heavy atom. The van der Waals surface area contributed by atoms with Gasteiger partial charge in [0.15, 0.2) is 0 Å². The zero-order valence-corrected chi connectivity index (χ0v) is 13.6. The standard InChI is InChI=1S/C16H27N3S/c1-3-14(15-17-9-10-20-15)19-12-16(18-11-13(19)2)7-5-4-6-8-16/h9-10,13-14,18H,3-8,11-12H2,1-2H3. The molecular weight excluding hydrogens is 266 g/mol. The summed E-state index contributed by atoms with van der Waals surface area (Å²) in [6.45, 7) is 6.99. The van der Waals surface area contributed by atoms with Gasteiger partial charge in [-0.05, 0) is 26.2 Å². The predicted molar refractivity (Wildman–Crippen MR) is 85.1 cm³/mol. The predicted octanol–water partition coefficient (Wildman–Crippen LogP) is 3.59. The molecule has 1 aliphatic carbocycles. The minimum atomic E-state index is 0.384. The number of piperazine rings is 1. The molecule has 1 aliphatic heterocycles. The molecule has 3 rings (SSSR count). The molecule has 0 amide bonds. The molecule has 20 heavy (non-hydrogen) atoms. The van der Waals surface area contributed by atoms with Gasteiger partial charge in [-0.2, -0.15) is 0 Å². The molecule has 1 saturated heterocycles. The van der Waals surface area contributed by atoms with E-state index in [9.17, 15) is 0 Å². The largest absolute Gasteiger partial charge is 0.308 e. The molecule has 1 saturated carbocycles. The van der Waals surface area contributed by atoms with Crippen LogP contribution in [0.1, 0.15) is 63.4 Å². The van der Waals surface area contributed by atoms with Crippen LogP contribution in [-0.2, 0) is 0 Å². The van der Waals surface area contributed by atoms with Crippen molar-refractivity contribution in [1.82, 2.24) is 15.2 Å². The normalized spacial score (nSPS) is 28.6. The lowest BCUT2D eigenvalue weighted by Crippen LogP contribution is -2.64. The Kier molecular flexibility index (Phi) is 4.43. The van der Waals surface area contributed by atoms with Gasteiger partial charge in [0.05, 0.1) is 6.04 Å². The third-order valence-electron chi connectivity index (χ3n) is 5.16. The van der Waals surface area contributed by atoms with E-state index in [-0.39, 0.29) is 0 Å². The van der Waals surface area contributed by atoms with Crippen molar-refractivity contribution in [3.8, 4) is 0 Å². The molecule has 4 heteroatoms. The molecule has 2 aliphatic rings. The van der Waals surface area contributed by atoms with Gasteiger partial charge in [0, 0.05) is 36.2 Å². The second-order valence-corrected chi connectivity index (χ2v) is 7.46. The van der Waals surface area contributed by atoms with Crippen molar-refractivity contribution in [1.29, 1.82) is 0 Å². The van der Waals surface area contributed by atoms with Gasteiger partial charge in [0.1, 0.15) is 5.01 Å². The Balaban J connectivity index is 1.79. The van der Waals surface area contributed by atoms with E-state index in [1.54, 1.807) is 0 Å². The summed E-state index contributed by atoms with van der Waals surface area (Å²) in [5.74, 6) is 0. The van der Waals surface area contributed by atoms with E-state index in [1.165, 1.54) is 43.7 Å². The average molecular weight is 293 g/mol. The third kappa shape index (κ3) is 2.78. The summed E-state index contributed by atoms with van der Waals surface area (Å²) in [5.41, 5.74) is 0.384. The molecule has 2 unspecified atom stereocenters. The highest BCUT2D eigenvalue weighted by Gasteiger charge is 2.41. The molecule has 0 aromatic carbocycles. The Morgan fingerprint density at radius 1 is 1.45 bits per heavy atom. The molecule has 0 radical (unpaired) electrons. The molecule has 1 N–H and O–H groups in total. The molecule has 3 nitrogen and oxygen atoms in total. The molecular formula is C16H27N3S. The fourth-order valence-electron chi connectivity index (χ4n) is 3.97. The van der Waals surface area contributed by atoms with Crippen molar-refractivity contribution in [3.05, 3.63) is 16.6 Å². The van der Waals surface area contributed by atoms with Gasteiger partial charge < -0.3 is 5.32 Å². The van der Waals surface area contributed by atoms with Crippen LogP contribution in [-0.4, -0.2) is 34.6 Å². The highest BCUT2D eigenvalue weighted by atomic mass is 32.1. The van der Waals surface area contributed by atoms with E-state index in [1.807, 2.05) is 17.5 Å². The maximum atomic E-state index is 4.59. The van der Waals surface area contributed by atoms with E-state index in [4.69, 9.17) is 0 Å². The van der Waals surface area contributed by atoms with Crippen LogP contribution < -0.4 is 5.32 Å². The molecule has 112 valence electrons. The lowest BCUT2D eigenvalue weighted by atomic mass is 9.79. The number of nitrogens with zero attached hydrogens (tertiary/aromatic N) is 2. The van der Waals surface area contributed by atoms with Crippen molar-refractivity contribution in [2.75, 3.05) is 13.1 Å². The zero-order valence-electron chi connectivity index (χ0n) is 12.8. The average Bonchev–Trinajstić information content (AvgIpc) is 2.99. The van der Waals surface area contributed by atoms with Gasteiger partial charge in [0.25, 0.3) is 0 Å². The minimum absolute atomic E-state index is 0.384. The number of hydrogen-bond donors (Lipinski definition) is 1. The quantitative estimate of drug-likeness (QED) is 0.923. The maximum Gasteiger partial charge on any atom is 0.110 e. The molecule has 1 aromatic heterocycles. The Morgan fingerprint density at radius 3 is 2.90 bits per heavy atom. The smallest absolute Gasteiger partial charge is 0.110 e. The first-order valence-electron chi connectivity index (χ1n) is 8.14. The highest BCUT2D eigenvalue weighted by Crippen LogP contribution is 2.36. The summed E-state index contributed by atoms with van der Waals surface area (Å²) in [4.78, 5) is 7.31. The summed E-state index contributed by atoms with van der Waals surface area (Å²) in [7, 11) is 0. The molecule has 2 fully saturated rings. The van der Waals surface area contributed by atoms with Crippen molar-refractivity contribution in [3.63, 3.8) is 0 Å². The van der Waals surface area contributed by atoms with Crippen LogP contribution in [0.15, 0.2) is 11.6 Å². The van der Waals surface area contributed by atoms with Crippen molar-refractivity contribution in [2.24, 2.45) is 0 Å². The summed E-state index contributed by atoms with van der Waals surface area (Å²) >= 11 is 1.81. The number of thiazole rings is 1. The fraction of sp³-hybridized carbons (Fsp3) is 0.812. The topological polar surface area (TPSA) is 28.2 Å². The summed E-state index contributed by atoms with van der Waals surface area (Å²) < 4.78 is 0. The molecule has 1 aromatic rings. The monoisotopic (exact) mass is 293 g/mol. The Hall–Kier alpha value is -0.450. The van der Waals surface area contributed by atoms with Crippen LogP contribution in [0, 0.1) is 0 Å². The van der Waals surface area contributed by atoms with Gasteiger partial charge in [-0.25, -0.2) is 4.98 Å². The number of nitrogens with one attached hydrogen (secondary N) is 1. The summed E-state index contributed by atoms with van der Waals surface area (Å²) in [6, 6.07) is 1.11. The maximum absolute atomic E-state index is 4.59. The SMILES string of the molecule is CCC(c1nccs1)N1CC2(CCCCC2)NCC1C. The van der Waals surface area contributed by atoms with E-state index in [0.717, 1.165) is 13.0 Å². The molecule has 1 spiro atoms. The van der Waals surface area contributed by atoms with Crippen molar-refractivity contribution in [2.45, 2.75) is 70.0 Å². The highest BCUT2D eigenvalue weighted by molar-refractivity contribution is 7.09. The summed E-state index contributed by atoms with van der Waals surface area (Å²) in [6.07, 6.45) is 10.0. The van der Waals surface area contributed by atoms with E-state index < -0.39 is 0 Å². The lowest BCUT2D eigenvalue weighted by Gasteiger charge is -2.51. The van der Waals surface area contributed by atoms with Crippen LogP contribution in [0.3, 0.4) is 0 Å². The van der Waals surface area contributed by atoms with Crippen LogP contribution in [0.5, 0.6) is 0 Å². The molecule has 2 atom stereocenters. The number of rotatable bonds is 3. The van der Waals surface area contributed by atoms with Crippen molar-refractivity contribution < 1.29 is 0 Å². The molecule has 2 heterocycles. The summed E-state index contributed by atoms with van der Waals surface area (Å²) in [5, 5.41) is 7.29. The third-order valence-corrected chi connectivity index (χ3v) is 6.03. The second-order valence-electron chi connectivity index (χ2n) is 6.54. The van der Waals surface area contributed by atoms with Gasteiger partial charge in [-0.1, -0.05) is 26.2 Å². The van der Waals surface area contributed by atoms with Gasteiger partial charge >= 0.3 is 0 Å². The van der Waals surface area contributed by atoms with E-state index in [2.05, 4.69) is 34.4 Å². The van der Waals surface area contributed by atoms with Crippen LogP contribution >= 0.6 is 11.3 Å². The first kappa shape index (κ1) is 14.5. The Bertz CT molecular complexity index is 411. The van der Waals surface area contributed by atoms with Crippen molar-refractivity contribution >= 4 is 11.3 Å². The second kappa shape index (κ2) is 6.12. The van der Waals surface area contributed by atoms with Gasteiger partial charge in [-0.3, -0.25) is 4.90 Å². The first-order chi connectivity index (χ1) is 9.74. The van der Waals surface area contributed by atoms with Gasteiger partial charge in [0.2, 0.25) is 0 Å². The first-order valence-corrected chi connectivity index (χ1v) is 9.02. The number of aromatic nitrogens is 1. The Labute approximate surface area is 126 Å². The number of hydrogen-bond acceptors (Lipinski definition) is 4. The van der Waals surface area contributed by atoms with Crippen LogP contribution in [0.4, 0.5) is 0 Å². The van der Waals surface area contributed by atoms with Crippen LogP contribution in [0.2, 0.25) is 0 Å². The zero-order chi connectivity index (χ0) is 14.0. The lowest BCUT2D eigenvalue weighted by molar-refractivity contribution is 0.0286. The minimum Gasteiger partial charge on any atom is -0.308 e.